The second-order valence-corrected chi connectivity index (χ2v) is 3.83. The molecule has 15 heavy (non-hydrogen) atoms. The molecule has 1 rings (SSSR count). The van der Waals surface area contributed by atoms with Crippen LogP contribution in [-0.4, -0.2) is 11.5 Å². The van der Waals surface area contributed by atoms with Gasteiger partial charge in [-0.1, -0.05) is 19.1 Å². The number of aromatic nitrogens is 1. The van der Waals surface area contributed by atoms with Gasteiger partial charge in [0.25, 0.3) is 0 Å². The number of hydrogen-bond donors (Lipinski definition) is 1. The van der Waals surface area contributed by atoms with Crippen molar-refractivity contribution in [3.05, 3.63) is 42.2 Å². The molecule has 0 spiro atoms. The molecule has 1 N–H and O–H groups in total. The molecule has 0 fully saturated rings. The van der Waals surface area contributed by atoms with Crippen LogP contribution < -0.4 is 5.32 Å². The Bertz CT molecular complexity index is 307. The SMILES string of the molecule is C=CCC(NCCC)c1cncc(C)c1. The Balaban J connectivity index is 2.73. The van der Waals surface area contributed by atoms with Gasteiger partial charge in [0.2, 0.25) is 0 Å². The van der Waals surface area contributed by atoms with E-state index in [1.807, 2.05) is 18.5 Å². The zero-order valence-corrected chi connectivity index (χ0v) is 9.66. The summed E-state index contributed by atoms with van der Waals surface area (Å²) in [6, 6.07) is 2.54. The summed E-state index contributed by atoms with van der Waals surface area (Å²) in [7, 11) is 0. The van der Waals surface area contributed by atoms with Crippen molar-refractivity contribution in [1.82, 2.24) is 10.3 Å². The van der Waals surface area contributed by atoms with Gasteiger partial charge in [-0.3, -0.25) is 4.98 Å². The van der Waals surface area contributed by atoms with Gasteiger partial charge in [0.1, 0.15) is 0 Å². The molecule has 2 heteroatoms. The second-order valence-electron chi connectivity index (χ2n) is 3.83. The smallest absolute Gasteiger partial charge is 0.0370 e. The van der Waals surface area contributed by atoms with E-state index in [0.29, 0.717) is 6.04 Å². The standard InChI is InChI=1S/C13H20N2/c1-4-6-13(15-7-5-2)12-8-11(3)9-14-10-12/h4,8-10,13,15H,1,5-7H2,2-3H3. The van der Waals surface area contributed by atoms with Crippen molar-refractivity contribution in [3.63, 3.8) is 0 Å². The molecule has 0 radical (unpaired) electrons. The Labute approximate surface area is 92.4 Å². The zero-order valence-electron chi connectivity index (χ0n) is 9.66. The molecule has 2 nitrogen and oxygen atoms in total. The van der Waals surface area contributed by atoms with E-state index in [-0.39, 0.29) is 0 Å². The molecule has 0 bridgehead atoms. The maximum absolute atomic E-state index is 4.22. The van der Waals surface area contributed by atoms with Gasteiger partial charge in [-0.2, -0.15) is 0 Å². The van der Waals surface area contributed by atoms with Gasteiger partial charge < -0.3 is 5.32 Å². The van der Waals surface area contributed by atoms with Crippen molar-refractivity contribution < 1.29 is 0 Å². The summed E-state index contributed by atoms with van der Waals surface area (Å²) in [5, 5.41) is 3.50. The number of aryl methyl sites for hydroxylation is 1. The minimum absolute atomic E-state index is 0.356. The molecule has 1 aromatic heterocycles. The minimum atomic E-state index is 0.356. The van der Waals surface area contributed by atoms with E-state index in [4.69, 9.17) is 0 Å². The van der Waals surface area contributed by atoms with Gasteiger partial charge in [0, 0.05) is 18.4 Å². The number of rotatable bonds is 6. The highest BCUT2D eigenvalue weighted by Gasteiger charge is 2.08. The van der Waals surface area contributed by atoms with E-state index >= 15 is 0 Å². The van der Waals surface area contributed by atoms with Crippen molar-refractivity contribution in [2.45, 2.75) is 32.7 Å². The van der Waals surface area contributed by atoms with Crippen molar-refractivity contribution in [2.24, 2.45) is 0 Å². The topological polar surface area (TPSA) is 24.9 Å². The molecular weight excluding hydrogens is 184 g/mol. The zero-order chi connectivity index (χ0) is 11.1. The fourth-order valence-electron chi connectivity index (χ4n) is 1.59. The average Bonchev–Trinajstić information content (AvgIpc) is 2.24. The molecule has 82 valence electrons. The fourth-order valence-corrected chi connectivity index (χ4v) is 1.59. The fraction of sp³-hybridized carbons (Fsp3) is 0.462. The summed E-state index contributed by atoms with van der Waals surface area (Å²) in [6.45, 7) is 9.07. The van der Waals surface area contributed by atoms with Crippen LogP contribution in [0.4, 0.5) is 0 Å². The maximum atomic E-state index is 4.22. The lowest BCUT2D eigenvalue weighted by Crippen LogP contribution is -2.21. The van der Waals surface area contributed by atoms with E-state index in [1.165, 1.54) is 11.1 Å². The van der Waals surface area contributed by atoms with Gasteiger partial charge >= 0.3 is 0 Å². The highest BCUT2D eigenvalue weighted by atomic mass is 14.9. The predicted octanol–water partition coefficient (Wildman–Crippen LogP) is 3.01. The molecule has 0 saturated carbocycles. The molecule has 1 aromatic rings. The third-order valence-corrected chi connectivity index (χ3v) is 2.34. The summed E-state index contributed by atoms with van der Waals surface area (Å²) < 4.78 is 0. The van der Waals surface area contributed by atoms with Gasteiger partial charge in [-0.05, 0) is 37.4 Å². The molecule has 0 aromatic carbocycles. The van der Waals surface area contributed by atoms with Crippen molar-refractivity contribution >= 4 is 0 Å². The van der Waals surface area contributed by atoms with Crippen LogP contribution in [0.15, 0.2) is 31.1 Å². The first-order valence-electron chi connectivity index (χ1n) is 5.53. The van der Waals surface area contributed by atoms with Gasteiger partial charge in [-0.25, -0.2) is 0 Å². The Morgan fingerprint density at radius 2 is 2.33 bits per heavy atom. The van der Waals surface area contributed by atoms with E-state index in [9.17, 15) is 0 Å². The number of hydrogen-bond acceptors (Lipinski definition) is 2. The van der Waals surface area contributed by atoms with Gasteiger partial charge in [0.15, 0.2) is 0 Å². The van der Waals surface area contributed by atoms with Crippen LogP contribution in [0.5, 0.6) is 0 Å². The molecular formula is C13H20N2. The van der Waals surface area contributed by atoms with Crippen molar-refractivity contribution in [3.8, 4) is 0 Å². The van der Waals surface area contributed by atoms with Crippen LogP contribution in [-0.2, 0) is 0 Å². The van der Waals surface area contributed by atoms with Crippen LogP contribution in [0.3, 0.4) is 0 Å². The Morgan fingerprint density at radius 3 is 2.93 bits per heavy atom. The Kier molecular flexibility index (Phi) is 5.05. The van der Waals surface area contributed by atoms with Crippen LogP contribution in [0.1, 0.15) is 36.9 Å². The third-order valence-electron chi connectivity index (χ3n) is 2.34. The summed E-state index contributed by atoms with van der Waals surface area (Å²) in [5.74, 6) is 0. The molecule has 1 unspecified atom stereocenters. The summed E-state index contributed by atoms with van der Waals surface area (Å²) in [4.78, 5) is 4.22. The van der Waals surface area contributed by atoms with Crippen LogP contribution in [0, 0.1) is 6.92 Å². The van der Waals surface area contributed by atoms with Gasteiger partial charge in [0.05, 0.1) is 0 Å². The van der Waals surface area contributed by atoms with Crippen molar-refractivity contribution in [2.75, 3.05) is 6.54 Å². The summed E-state index contributed by atoms with van der Waals surface area (Å²) in [6.07, 6.45) is 7.87. The van der Waals surface area contributed by atoms with Crippen molar-refractivity contribution in [1.29, 1.82) is 0 Å². The summed E-state index contributed by atoms with van der Waals surface area (Å²) in [5.41, 5.74) is 2.46. The lowest BCUT2D eigenvalue weighted by molar-refractivity contribution is 0.535. The third kappa shape index (κ3) is 3.84. The Hall–Kier alpha value is -1.15. The first kappa shape index (κ1) is 11.9. The summed E-state index contributed by atoms with van der Waals surface area (Å²) >= 11 is 0. The van der Waals surface area contributed by atoms with Crippen LogP contribution in [0.25, 0.3) is 0 Å². The van der Waals surface area contributed by atoms with Crippen LogP contribution >= 0.6 is 0 Å². The van der Waals surface area contributed by atoms with E-state index in [0.717, 1.165) is 19.4 Å². The first-order chi connectivity index (χ1) is 7.27. The monoisotopic (exact) mass is 204 g/mol. The molecule has 0 aliphatic rings. The lowest BCUT2D eigenvalue weighted by atomic mass is 10.0. The van der Waals surface area contributed by atoms with E-state index in [1.54, 1.807) is 0 Å². The largest absolute Gasteiger partial charge is 0.310 e. The molecule has 1 atom stereocenters. The lowest BCUT2D eigenvalue weighted by Gasteiger charge is -2.17. The molecule has 0 amide bonds. The molecule has 0 aliphatic carbocycles. The normalized spacial score (nSPS) is 12.4. The quantitative estimate of drug-likeness (QED) is 0.720. The van der Waals surface area contributed by atoms with Gasteiger partial charge in [-0.15, -0.1) is 6.58 Å². The van der Waals surface area contributed by atoms with Crippen LogP contribution in [0.2, 0.25) is 0 Å². The first-order valence-corrected chi connectivity index (χ1v) is 5.53. The molecule has 1 heterocycles. The maximum Gasteiger partial charge on any atom is 0.0370 e. The molecule has 0 saturated heterocycles. The number of pyridine rings is 1. The highest BCUT2D eigenvalue weighted by molar-refractivity contribution is 5.20. The number of nitrogens with zero attached hydrogens (tertiary/aromatic N) is 1. The number of nitrogens with one attached hydrogen (secondary N) is 1. The predicted molar refractivity (Wildman–Crippen MR) is 64.8 cm³/mol. The Morgan fingerprint density at radius 1 is 1.53 bits per heavy atom. The minimum Gasteiger partial charge on any atom is -0.310 e. The average molecular weight is 204 g/mol. The van der Waals surface area contributed by atoms with E-state index in [2.05, 4.69) is 36.8 Å². The van der Waals surface area contributed by atoms with E-state index < -0.39 is 0 Å². The molecule has 0 aliphatic heterocycles. The highest BCUT2D eigenvalue weighted by Crippen LogP contribution is 2.17. The second kappa shape index (κ2) is 6.36.